The molecule has 10 nitrogen and oxygen atoms in total. The summed E-state index contributed by atoms with van der Waals surface area (Å²) < 4.78 is 35.2. The number of hydrogen-bond donors (Lipinski definition) is 1. The molecule has 1 saturated heterocycles. The molecule has 1 aliphatic heterocycles. The zero-order valence-electron chi connectivity index (χ0n) is 22.7. The van der Waals surface area contributed by atoms with E-state index in [1.54, 1.807) is 30.3 Å². The number of hydrogen-bond acceptors (Lipinski definition) is 8. The molecular weight excluding hydrogens is 506 g/mol. The van der Waals surface area contributed by atoms with Crippen LogP contribution in [0.5, 0.6) is 0 Å². The second-order valence-corrected chi connectivity index (χ2v) is 10.5. The molecule has 210 valence electrons. The van der Waals surface area contributed by atoms with Crippen LogP contribution in [0.2, 0.25) is 0 Å². The smallest absolute Gasteiger partial charge is 0.296 e. The van der Waals surface area contributed by atoms with Crippen molar-refractivity contribution in [3.63, 3.8) is 0 Å². The Labute approximate surface area is 227 Å². The number of nitrogens with one attached hydrogen (secondary N) is 1. The van der Waals surface area contributed by atoms with Gasteiger partial charge in [0.2, 0.25) is 11.9 Å². The van der Waals surface area contributed by atoms with E-state index in [1.807, 2.05) is 30.9 Å². The Morgan fingerprint density at radius 3 is 2.44 bits per heavy atom. The van der Waals surface area contributed by atoms with Crippen molar-refractivity contribution in [3.8, 4) is 5.82 Å². The number of morpholine rings is 1. The van der Waals surface area contributed by atoms with Crippen LogP contribution in [0.15, 0.2) is 30.3 Å². The summed E-state index contributed by atoms with van der Waals surface area (Å²) in [5.41, 5.74) is 1.05. The Morgan fingerprint density at radius 2 is 1.74 bits per heavy atom. The second kappa shape index (κ2) is 11.8. The van der Waals surface area contributed by atoms with Crippen molar-refractivity contribution >= 4 is 28.7 Å². The third kappa shape index (κ3) is 6.11. The molecule has 2 aromatic heterocycles. The highest BCUT2D eigenvalue weighted by atomic mass is 19.3. The van der Waals surface area contributed by atoms with E-state index in [2.05, 4.69) is 15.2 Å². The molecular formula is C27H36F2N8O2. The Hall–Kier alpha value is -3.38. The molecule has 2 fully saturated rings. The zero-order chi connectivity index (χ0) is 27.5. The van der Waals surface area contributed by atoms with Crippen molar-refractivity contribution in [2.24, 2.45) is 0 Å². The van der Waals surface area contributed by atoms with Crippen molar-refractivity contribution in [1.29, 1.82) is 0 Å². The Morgan fingerprint density at radius 1 is 1.05 bits per heavy atom. The Bertz CT molecular complexity index is 1290. The van der Waals surface area contributed by atoms with Crippen LogP contribution in [0, 0.1) is 0 Å². The van der Waals surface area contributed by atoms with E-state index in [-0.39, 0.29) is 23.8 Å². The molecule has 3 aromatic rings. The molecule has 5 rings (SSSR count). The number of alkyl halides is 2. The molecule has 0 bridgehead atoms. The number of carbonyl (C=O) groups is 1. The lowest BCUT2D eigenvalue weighted by molar-refractivity contribution is -0.133. The molecule has 0 atom stereocenters. The SMILES string of the molecule is CN(C)CC(=O)N(C)C1CCC(Nc2nc(N3CCOCC3)cc(-n3c(C(F)F)nc4ccccc43)n2)CC1. The number of carbonyl (C=O) groups excluding carboxylic acids is 1. The number of rotatable bonds is 8. The number of imidazole rings is 1. The third-order valence-corrected chi connectivity index (χ3v) is 7.47. The first-order valence-corrected chi connectivity index (χ1v) is 13.4. The van der Waals surface area contributed by atoms with Gasteiger partial charge in [-0.2, -0.15) is 9.97 Å². The molecule has 12 heteroatoms. The Kier molecular flexibility index (Phi) is 8.22. The normalized spacial score (nSPS) is 20.1. The summed E-state index contributed by atoms with van der Waals surface area (Å²) in [6.07, 6.45) is 0.663. The van der Waals surface area contributed by atoms with E-state index in [9.17, 15) is 13.6 Å². The van der Waals surface area contributed by atoms with Crippen LogP contribution in [0.1, 0.15) is 37.9 Å². The minimum atomic E-state index is -2.77. The zero-order valence-corrected chi connectivity index (χ0v) is 22.7. The monoisotopic (exact) mass is 542 g/mol. The molecule has 2 aliphatic rings. The maximum absolute atomic E-state index is 14.1. The van der Waals surface area contributed by atoms with E-state index < -0.39 is 6.43 Å². The largest absolute Gasteiger partial charge is 0.378 e. The third-order valence-electron chi connectivity index (χ3n) is 7.47. The summed E-state index contributed by atoms with van der Waals surface area (Å²) in [6.45, 7) is 2.84. The van der Waals surface area contributed by atoms with Crippen molar-refractivity contribution in [2.45, 2.75) is 44.2 Å². The van der Waals surface area contributed by atoms with E-state index in [4.69, 9.17) is 14.7 Å². The molecule has 0 radical (unpaired) electrons. The van der Waals surface area contributed by atoms with Gasteiger partial charge in [-0.1, -0.05) is 12.1 Å². The number of likely N-dealkylation sites (N-methyl/N-ethyl adjacent to an activating group) is 2. The van der Waals surface area contributed by atoms with Crippen LogP contribution >= 0.6 is 0 Å². The molecule has 1 N–H and O–H groups in total. The van der Waals surface area contributed by atoms with Crippen molar-refractivity contribution < 1.29 is 18.3 Å². The first-order chi connectivity index (χ1) is 18.8. The van der Waals surface area contributed by atoms with Crippen molar-refractivity contribution in [3.05, 3.63) is 36.2 Å². The van der Waals surface area contributed by atoms with Crippen LogP contribution < -0.4 is 10.2 Å². The number of aromatic nitrogens is 4. The van der Waals surface area contributed by atoms with Crippen LogP contribution in [0.3, 0.4) is 0 Å². The molecule has 0 unspecified atom stereocenters. The number of fused-ring (bicyclic) bond motifs is 1. The highest BCUT2D eigenvalue weighted by Crippen LogP contribution is 2.30. The van der Waals surface area contributed by atoms with Gasteiger partial charge in [0.25, 0.3) is 6.43 Å². The second-order valence-electron chi connectivity index (χ2n) is 10.5. The standard InChI is InChI=1S/C27H36F2N8O2/c1-34(2)17-24(38)35(3)19-10-8-18(9-11-19)30-27-32-22(36-12-14-39-15-13-36)16-23(33-27)37-21-7-5-4-6-20(21)31-26(37)25(28)29/h4-7,16,18-19,25H,8-15,17H2,1-3H3,(H,30,32,33). The summed E-state index contributed by atoms with van der Waals surface area (Å²) in [6, 6.07) is 9.13. The minimum absolute atomic E-state index is 0.112. The van der Waals surface area contributed by atoms with Gasteiger partial charge in [0.05, 0.1) is 30.8 Å². The lowest BCUT2D eigenvalue weighted by Crippen LogP contribution is -2.44. The first kappa shape index (κ1) is 27.2. The van der Waals surface area contributed by atoms with Gasteiger partial charge in [0.15, 0.2) is 5.82 Å². The van der Waals surface area contributed by atoms with E-state index in [0.717, 1.165) is 25.7 Å². The van der Waals surface area contributed by atoms with Gasteiger partial charge in [-0.05, 0) is 51.9 Å². The predicted molar refractivity (Wildman–Crippen MR) is 146 cm³/mol. The average molecular weight is 543 g/mol. The molecule has 1 amide bonds. The van der Waals surface area contributed by atoms with Gasteiger partial charge >= 0.3 is 0 Å². The fraction of sp³-hybridized carbons (Fsp3) is 0.556. The Balaban J connectivity index is 1.41. The lowest BCUT2D eigenvalue weighted by atomic mass is 9.90. The minimum Gasteiger partial charge on any atom is -0.378 e. The number of ether oxygens (including phenoxy) is 1. The van der Waals surface area contributed by atoms with E-state index >= 15 is 0 Å². The van der Waals surface area contributed by atoms with Crippen LogP contribution in [0.25, 0.3) is 16.9 Å². The first-order valence-electron chi connectivity index (χ1n) is 13.4. The maximum atomic E-state index is 14.1. The van der Waals surface area contributed by atoms with Crippen molar-refractivity contribution in [2.75, 3.05) is 64.2 Å². The van der Waals surface area contributed by atoms with Crippen LogP contribution in [-0.2, 0) is 9.53 Å². The summed E-state index contributed by atoms with van der Waals surface area (Å²) in [5.74, 6) is 1.17. The number of benzene rings is 1. The molecule has 39 heavy (non-hydrogen) atoms. The summed E-state index contributed by atoms with van der Waals surface area (Å²) in [5, 5.41) is 3.47. The molecule has 0 spiro atoms. The van der Waals surface area contributed by atoms with Gasteiger partial charge in [0.1, 0.15) is 11.6 Å². The van der Waals surface area contributed by atoms with Crippen LogP contribution in [0.4, 0.5) is 20.5 Å². The summed E-state index contributed by atoms with van der Waals surface area (Å²) in [4.78, 5) is 32.0. The van der Waals surface area contributed by atoms with Gasteiger partial charge in [0, 0.05) is 38.3 Å². The van der Waals surface area contributed by atoms with E-state index in [0.29, 0.717) is 61.5 Å². The fourth-order valence-corrected chi connectivity index (χ4v) is 5.36. The van der Waals surface area contributed by atoms with Gasteiger partial charge in [-0.25, -0.2) is 13.8 Å². The predicted octanol–water partition coefficient (Wildman–Crippen LogP) is 3.33. The average Bonchev–Trinajstić information content (AvgIpc) is 3.33. The number of amides is 1. The van der Waals surface area contributed by atoms with Crippen molar-refractivity contribution in [1.82, 2.24) is 29.3 Å². The molecule has 1 aromatic carbocycles. The van der Waals surface area contributed by atoms with Gasteiger partial charge in [-0.3, -0.25) is 9.36 Å². The van der Waals surface area contributed by atoms with Crippen LogP contribution in [-0.4, -0.2) is 101 Å². The topological polar surface area (TPSA) is 91.7 Å². The summed E-state index contributed by atoms with van der Waals surface area (Å²) in [7, 11) is 5.66. The number of anilines is 2. The lowest BCUT2D eigenvalue weighted by Gasteiger charge is -2.35. The number of nitrogens with zero attached hydrogens (tertiary/aromatic N) is 7. The van der Waals surface area contributed by atoms with E-state index in [1.165, 1.54) is 4.57 Å². The maximum Gasteiger partial charge on any atom is 0.296 e. The van der Waals surface area contributed by atoms with Gasteiger partial charge < -0.3 is 24.8 Å². The summed E-state index contributed by atoms with van der Waals surface area (Å²) >= 11 is 0. The fourth-order valence-electron chi connectivity index (χ4n) is 5.36. The number of para-hydroxylation sites is 2. The van der Waals surface area contributed by atoms with Gasteiger partial charge in [-0.15, -0.1) is 0 Å². The molecule has 3 heterocycles. The number of halogens is 2. The highest BCUT2D eigenvalue weighted by molar-refractivity contribution is 5.79. The molecule has 1 saturated carbocycles. The quantitative estimate of drug-likeness (QED) is 0.464. The molecule has 1 aliphatic carbocycles. The highest BCUT2D eigenvalue weighted by Gasteiger charge is 2.28.